The van der Waals surface area contributed by atoms with Crippen molar-refractivity contribution >= 4 is 5.91 Å². The number of aryl methyl sites for hydroxylation is 1. The molecule has 3 rings (SSSR count). The molecule has 0 radical (unpaired) electrons. The minimum Gasteiger partial charge on any atom is -0.341 e. The van der Waals surface area contributed by atoms with Gasteiger partial charge in [-0.3, -0.25) is 14.9 Å². The fourth-order valence-corrected chi connectivity index (χ4v) is 2.42. The summed E-state index contributed by atoms with van der Waals surface area (Å²) in [6, 6.07) is 5.56. The van der Waals surface area contributed by atoms with Crippen molar-refractivity contribution in [1.29, 1.82) is 0 Å². The Bertz CT molecular complexity index is 864. The second-order valence-corrected chi connectivity index (χ2v) is 5.26. The monoisotopic (exact) mass is 328 g/mol. The number of carbonyl (C=O) groups is 1. The lowest BCUT2D eigenvalue weighted by Crippen LogP contribution is -2.30. The van der Waals surface area contributed by atoms with Crippen LogP contribution in [0.2, 0.25) is 0 Å². The van der Waals surface area contributed by atoms with Crippen LogP contribution in [0.3, 0.4) is 0 Å². The topological polar surface area (TPSA) is 70.7 Å². The molecule has 3 aromatic rings. The van der Waals surface area contributed by atoms with Gasteiger partial charge in [0, 0.05) is 23.7 Å². The van der Waals surface area contributed by atoms with Gasteiger partial charge in [0.2, 0.25) is 0 Å². The summed E-state index contributed by atoms with van der Waals surface area (Å²) in [5, 5.41) is 9.19. The summed E-state index contributed by atoms with van der Waals surface area (Å²) in [4.78, 5) is 16.4. The van der Waals surface area contributed by atoms with Gasteiger partial charge in [-0.05, 0) is 42.8 Å². The van der Waals surface area contributed by atoms with Gasteiger partial charge in [0.1, 0.15) is 11.6 Å². The number of aromatic amines is 1. The Morgan fingerprint density at radius 1 is 1.21 bits per heavy atom. The fourth-order valence-electron chi connectivity index (χ4n) is 2.42. The summed E-state index contributed by atoms with van der Waals surface area (Å²) in [5.41, 5.74) is 1.55. The molecular weight excluding hydrogens is 314 g/mol. The van der Waals surface area contributed by atoms with E-state index in [1.807, 2.05) is 0 Å². The first-order valence-corrected chi connectivity index (χ1v) is 7.22. The smallest absolute Gasteiger partial charge is 0.255 e. The largest absolute Gasteiger partial charge is 0.341 e. The van der Waals surface area contributed by atoms with Crippen LogP contribution in [0, 0.1) is 18.6 Å². The van der Waals surface area contributed by atoms with Crippen LogP contribution in [0.5, 0.6) is 0 Å². The summed E-state index contributed by atoms with van der Waals surface area (Å²) >= 11 is 0. The maximum absolute atomic E-state index is 14.2. The van der Waals surface area contributed by atoms with E-state index in [2.05, 4.69) is 20.5 Å². The molecule has 0 aliphatic heterocycles. The van der Waals surface area contributed by atoms with E-state index >= 15 is 0 Å². The van der Waals surface area contributed by atoms with E-state index in [4.69, 9.17) is 0 Å². The number of halogens is 2. The number of carbonyl (C=O) groups excluding carboxylic acids is 1. The molecule has 0 saturated carbocycles. The fraction of sp³-hybridized carbons (Fsp3) is 0.118. The maximum atomic E-state index is 14.2. The predicted molar refractivity (Wildman–Crippen MR) is 83.2 cm³/mol. The molecule has 2 N–H and O–H groups in total. The molecule has 1 aromatic carbocycles. The third kappa shape index (κ3) is 3.15. The van der Waals surface area contributed by atoms with Gasteiger partial charge in [-0.15, -0.1) is 0 Å². The lowest BCUT2D eigenvalue weighted by molar-refractivity contribution is 0.0942. The molecule has 7 heteroatoms. The van der Waals surface area contributed by atoms with Crippen molar-refractivity contribution < 1.29 is 13.6 Å². The van der Waals surface area contributed by atoms with Crippen molar-refractivity contribution in [3.63, 3.8) is 0 Å². The highest BCUT2D eigenvalue weighted by Crippen LogP contribution is 2.25. The molecule has 0 aliphatic rings. The second kappa shape index (κ2) is 6.57. The Hall–Kier alpha value is -3.09. The SMILES string of the molecule is Cc1[nH]ncc1C(=O)N[C@@H](c1ccncc1)c1cc(F)ccc1F. The predicted octanol–water partition coefficient (Wildman–Crippen LogP) is 2.91. The van der Waals surface area contributed by atoms with Crippen molar-refractivity contribution in [3.8, 4) is 0 Å². The molecule has 122 valence electrons. The summed E-state index contributed by atoms with van der Waals surface area (Å²) in [5.74, 6) is -1.63. The molecule has 0 fully saturated rings. The Morgan fingerprint density at radius 2 is 1.96 bits per heavy atom. The highest BCUT2D eigenvalue weighted by atomic mass is 19.1. The zero-order valence-electron chi connectivity index (χ0n) is 12.8. The third-order valence-corrected chi connectivity index (χ3v) is 3.66. The molecule has 2 heterocycles. The number of amides is 1. The van der Waals surface area contributed by atoms with Gasteiger partial charge in [0.05, 0.1) is 17.8 Å². The Kier molecular flexibility index (Phi) is 4.33. The normalized spacial score (nSPS) is 12.0. The molecule has 0 aliphatic carbocycles. The van der Waals surface area contributed by atoms with E-state index in [0.29, 0.717) is 16.8 Å². The Labute approximate surface area is 136 Å². The zero-order valence-corrected chi connectivity index (χ0v) is 12.8. The number of pyridine rings is 1. The Balaban J connectivity index is 2.01. The number of aromatic nitrogens is 3. The number of benzene rings is 1. The van der Waals surface area contributed by atoms with E-state index in [9.17, 15) is 13.6 Å². The molecule has 0 spiro atoms. The summed E-state index contributed by atoms with van der Waals surface area (Å²) in [6.45, 7) is 1.70. The first-order valence-electron chi connectivity index (χ1n) is 7.22. The van der Waals surface area contributed by atoms with Crippen molar-refractivity contribution in [2.45, 2.75) is 13.0 Å². The van der Waals surface area contributed by atoms with Crippen LogP contribution in [-0.2, 0) is 0 Å². The Morgan fingerprint density at radius 3 is 2.62 bits per heavy atom. The van der Waals surface area contributed by atoms with Gasteiger partial charge in [-0.1, -0.05) is 0 Å². The van der Waals surface area contributed by atoms with E-state index in [1.165, 1.54) is 18.6 Å². The molecule has 0 bridgehead atoms. The van der Waals surface area contributed by atoms with E-state index in [1.54, 1.807) is 19.1 Å². The van der Waals surface area contributed by atoms with E-state index < -0.39 is 23.6 Å². The number of rotatable bonds is 4. The minimum absolute atomic E-state index is 0.0377. The molecule has 1 amide bonds. The highest BCUT2D eigenvalue weighted by Gasteiger charge is 2.22. The molecule has 2 aromatic heterocycles. The van der Waals surface area contributed by atoms with Crippen LogP contribution in [0.1, 0.15) is 33.2 Å². The number of hydrogen-bond donors (Lipinski definition) is 2. The highest BCUT2D eigenvalue weighted by molar-refractivity contribution is 5.95. The molecule has 5 nitrogen and oxygen atoms in total. The quantitative estimate of drug-likeness (QED) is 0.773. The van der Waals surface area contributed by atoms with Crippen LogP contribution in [0.25, 0.3) is 0 Å². The van der Waals surface area contributed by atoms with Crippen LogP contribution in [0.15, 0.2) is 48.9 Å². The average molecular weight is 328 g/mol. The molecule has 24 heavy (non-hydrogen) atoms. The van der Waals surface area contributed by atoms with Gasteiger partial charge in [-0.25, -0.2) is 8.78 Å². The van der Waals surface area contributed by atoms with Gasteiger partial charge in [0.25, 0.3) is 5.91 Å². The zero-order chi connectivity index (χ0) is 17.1. The van der Waals surface area contributed by atoms with Crippen molar-refractivity contribution in [3.05, 3.63) is 82.9 Å². The van der Waals surface area contributed by atoms with E-state index in [-0.39, 0.29) is 5.56 Å². The maximum Gasteiger partial charge on any atom is 0.255 e. The van der Waals surface area contributed by atoms with Crippen LogP contribution in [-0.4, -0.2) is 21.1 Å². The number of nitrogens with zero attached hydrogens (tertiary/aromatic N) is 2. The standard InChI is InChI=1S/C17H14F2N4O/c1-10-14(9-21-23-10)17(24)22-16(11-4-6-20-7-5-11)13-8-12(18)2-3-15(13)19/h2-9,16H,1H3,(H,21,23)(H,22,24)/t16-/m0/s1. The summed E-state index contributed by atoms with van der Waals surface area (Å²) < 4.78 is 27.8. The first kappa shape index (κ1) is 15.8. The first-order chi connectivity index (χ1) is 11.6. The van der Waals surface area contributed by atoms with Gasteiger partial charge in [0.15, 0.2) is 0 Å². The molecule has 0 saturated heterocycles. The molecule has 1 atom stereocenters. The minimum atomic E-state index is -0.856. The summed E-state index contributed by atoms with van der Waals surface area (Å²) in [6.07, 6.45) is 4.43. The summed E-state index contributed by atoms with van der Waals surface area (Å²) in [7, 11) is 0. The molecular formula is C17H14F2N4O. The number of hydrogen-bond acceptors (Lipinski definition) is 3. The second-order valence-electron chi connectivity index (χ2n) is 5.26. The van der Waals surface area contributed by atoms with Gasteiger partial charge >= 0.3 is 0 Å². The van der Waals surface area contributed by atoms with Crippen LogP contribution >= 0.6 is 0 Å². The average Bonchev–Trinajstić information content (AvgIpc) is 3.02. The van der Waals surface area contributed by atoms with Crippen LogP contribution in [0.4, 0.5) is 8.78 Å². The van der Waals surface area contributed by atoms with Gasteiger partial charge < -0.3 is 5.32 Å². The van der Waals surface area contributed by atoms with Gasteiger partial charge in [-0.2, -0.15) is 5.10 Å². The lowest BCUT2D eigenvalue weighted by Gasteiger charge is -2.20. The third-order valence-electron chi connectivity index (χ3n) is 3.66. The van der Waals surface area contributed by atoms with Crippen molar-refractivity contribution in [1.82, 2.24) is 20.5 Å². The number of H-pyrrole nitrogens is 1. The van der Waals surface area contributed by atoms with E-state index in [0.717, 1.165) is 18.2 Å². The molecule has 0 unspecified atom stereocenters. The number of nitrogens with one attached hydrogen (secondary N) is 2. The van der Waals surface area contributed by atoms with Crippen molar-refractivity contribution in [2.75, 3.05) is 0 Å². The van der Waals surface area contributed by atoms with Crippen LogP contribution < -0.4 is 5.32 Å². The van der Waals surface area contributed by atoms with Crippen molar-refractivity contribution in [2.24, 2.45) is 0 Å². The lowest BCUT2D eigenvalue weighted by atomic mass is 9.98.